The molecule has 0 aliphatic heterocycles. The fraction of sp³-hybridized carbons (Fsp3) is 0.130. The van der Waals surface area contributed by atoms with Gasteiger partial charge in [0.2, 0.25) is 5.91 Å². The maximum absolute atomic E-state index is 13.0. The van der Waals surface area contributed by atoms with E-state index in [0.29, 0.717) is 22.6 Å². The van der Waals surface area contributed by atoms with Gasteiger partial charge in [-0.25, -0.2) is 13.2 Å². The monoisotopic (exact) mass is 454 g/mol. The first-order valence-electron chi connectivity index (χ1n) is 9.51. The Morgan fingerprint density at radius 2 is 1.59 bits per heavy atom. The van der Waals surface area contributed by atoms with Crippen molar-refractivity contribution in [3.8, 4) is 5.75 Å². The molecule has 3 aromatic rings. The van der Waals surface area contributed by atoms with Gasteiger partial charge in [0.15, 0.2) is 0 Å². The van der Waals surface area contributed by atoms with Crippen molar-refractivity contribution in [2.45, 2.75) is 11.5 Å². The first kappa shape index (κ1) is 22.8. The van der Waals surface area contributed by atoms with E-state index in [-0.39, 0.29) is 17.1 Å². The zero-order valence-corrected chi connectivity index (χ0v) is 18.3. The third-order valence-electron chi connectivity index (χ3n) is 4.75. The highest BCUT2D eigenvalue weighted by molar-refractivity contribution is 7.92. The lowest BCUT2D eigenvalue weighted by Crippen LogP contribution is -2.26. The smallest absolute Gasteiger partial charge is 0.338 e. The predicted octanol–water partition coefficient (Wildman–Crippen LogP) is 2.98. The van der Waals surface area contributed by atoms with Crippen molar-refractivity contribution >= 4 is 27.6 Å². The number of amides is 1. The van der Waals surface area contributed by atoms with E-state index in [0.717, 1.165) is 4.31 Å². The molecule has 0 saturated heterocycles. The Kier molecular flexibility index (Phi) is 6.79. The SMILES string of the molecule is COc1ccc(N(C)S(=O)(=O)c2cccc(C(=O)OCc3cccc(C(N)=O)c3)c2)cc1. The van der Waals surface area contributed by atoms with Crippen LogP contribution in [0.1, 0.15) is 26.3 Å². The number of nitrogens with two attached hydrogens (primary N) is 1. The molecule has 2 N–H and O–H groups in total. The van der Waals surface area contributed by atoms with Crippen LogP contribution in [0.3, 0.4) is 0 Å². The Hall–Kier alpha value is -3.85. The molecular formula is C23H22N2O6S. The largest absolute Gasteiger partial charge is 0.497 e. The molecule has 3 rings (SSSR count). The summed E-state index contributed by atoms with van der Waals surface area (Å²) in [5, 5.41) is 0. The maximum atomic E-state index is 13.0. The van der Waals surface area contributed by atoms with Crippen LogP contribution in [0, 0.1) is 0 Å². The summed E-state index contributed by atoms with van der Waals surface area (Å²) in [5.41, 5.74) is 6.66. The molecule has 0 fully saturated rings. The van der Waals surface area contributed by atoms with Crippen LogP contribution in [0.2, 0.25) is 0 Å². The molecule has 0 atom stereocenters. The molecule has 0 aliphatic carbocycles. The molecule has 32 heavy (non-hydrogen) atoms. The normalized spacial score (nSPS) is 10.9. The molecule has 0 heterocycles. The van der Waals surface area contributed by atoms with Crippen LogP contribution in [-0.2, 0) is 21.4 Å². The van der Waals surface area contributed by atoms with Crippen LogP contribution in [0.25, 0.3) is 0 Å². The van der Waals surface area contributed by atoms with Crippen LogP contribution in [0.5, 0.6) is 5.75 Å². The molecule has 3 aromatic carbocycles. The average molecular weight is 455 g/mol. The summed E-state index contributed by atoms with van der Waals surface area (Å²) in [5.74, 6) is -0.679. The van der Waals surface area contributed by atoms with Crippen LogP contribution >= 0.6 is 0 Å². The van der Waals surface area contributed by atoms with E-state index in [4.69, 9.17) is 15.2 Å². The van der Waals surface area contributed by atoms with Gasteiger partial charge in [0.05, 0.1) is 23.3 Å². The zero-order valence-electron chi connectivity index (χ0n) is 17.5. The molecule has 0 unspecified atom stereocenters. The molecule has 1 amide bonds. The van der Waals surface area contributed by atoms with E-state index in [2.05, 4.69) is 0 Å². The Morgan fingerprint density at radius 1 is 0.938 bits per heavy atom. The number of sulfonamides is 1. The molecule has 9 heteroatoms. The molecule has 8 nitrogen and oxygen atoms in total. The number of ether oxygens (including phenoxy) is 2. The molecule has 0 spiro atoms. The van der Waals surface area contributed by atoms with E-state index in [1.165, 1.54) is 44.5 Å². The number of nitrogens with zero attached hydrogens (tertiary/aromatic N) is 1. The number of hydrogen-bond donors (Lipinski definition) is 1. The molecular weight excluding hydrogens is 432 g/mol. The Labute approximate surface area is 186 Å². The fourth-order valence-corrected chi connectivity index (χ4v) is 4.16. The Morgan fingerprint density at radius 3 is 2.25 bits per heavy atom. The van der Waals surface area contributed by atoms with Gasteiger partial charge in [0.25, 0.3) is 10.0 Å². The molecule has 0 saturated carbocycles. The molecule has 0 bridgehead atoms. The van der Waals surface area contributed by atoms with Crippen molar-refractivity contribution in [2.24, 2.45) is 5.73 Å². The summed E-state index contributed by atoms with van der Waals surface area (Å²) in [7, 11) is -0.970. The summed E-state index contributed by atoms with van der Waals surface area (Å²) in [6.07, 6.45) is 0. The summed E-state index contributed by atoms with van der Waals surface area (Å²) in [6, 6.07) is 18.6. The Balaban J connectivity index is 1.76. The fourth-order valence-electron chi connectivity index (χ4n) is 2.92. The highest BCUT2D eigenvalue weighted by atomic mass is 32.2. The van der Waals surface area contributed by atoms with Gasteiger partial charge in [-0.1, -0.05) is 18.2 Å². The lowest BCUT2D eigenvalue weighted by molar-refractivity contribution is 0.0472. The number of methoxy groups -OCH3 is 1. The second-order valence-electron chi connectivity index (χ2n) is 6.84. The molecule has 0 radical (unpaired) electrons. The van der Waals surface area contributed by atoms with E-state index in [1.54, 1.807) is 42.5 Å². The maximum Gasteiger partial charge on any atom is 0.338 e. The number of esters is 1. The van der Waals surface area contributed by atoms with Gasteiger partial charge in [0, 0.05) is 12.6 Å². The van der Waals surface area contributed by atoms with Crippen molar-refractivity contribution in [3.63, 3.8) is 0 Å². The van der Waals surface area contributed by atoms with Crippen LogP contribution < -0.4 is 14.8 Å². The van der Waals surface area contributed by atoms with Gasteiger partial charge >= 0.3 is 5.97 Å². The lowest BCUT2D eigenvalue weighted by atomic mass is 10.1. The number of carbonyl (C=O) groups excluding carboxylic acids is 2. The quantitative estimate of drug-likeness (QED) is 0.523. The third kappa shape index (κ3) is 5.06. The standard InChI is InChI=1S/C23H22N2O6S/c1-25(19-9-11-20(30-2)12-10-19)32(28,29)21-8-4-7-18(14-21)23(27)31-15-16-5-3-6-17(13-16)22(24)26/h3-14H,15H2,1-2H3,(H2,24,26). The average Bonchev–Trinajstić information content (AvgIpc) is 2.82. The van der Waals surface area contributed by atoms with Crippen LogP contribution in [0.15, 0.2) is 77.7 Å². The highest BCUT2D eigenvalue weighted by Gasteiger charge is 2.23. The number of carbonyl (C=O) groups is 2. The van der Waals surface area contributed by atoms with Crippen molar-refractivity contribution in [1.29, 1.82) is 0 Å². The summed E-state index contributed by atoms with van der Waals surface area (Å²) in [4.78, 5) is 23.7. The number of benzene rings is 3. The highest BCUT2D eigenvalue weighted by Crippen LogP contribution is 2.25. The summed E-state index contributed by atoms with van der Waals surface area (Å²) in [6.45, 7) is -0.0946. The van der Waals surface area contributed by atoms with Crippen LogP contribution in [-0.4, -0.2) is 34.5 Å². The van der Waals surface area contributed by atoms with Gasteiger partial charge in [-0.2, -0.15) is 0 Å². The third-order valence-corrected chi connectivity index (χ3v) is 6.53. The summed E-state index contributed by atoms with van der Waals surface area (Å²) >= 11 is 0. The van der Waals surface area contributed by atoms with Crippen molar-refractivity contribution in [2.75, 3.05) is 18.5 Å². The second kappa shape index (κ2) is 9.52. The molecule has 0 aliphatic rings. The minimum Gasteiger partial charge on any atom is -0.497 e. The van der Waals surface area contributed by atoms with E-state index in [1.807, 2.05) is 0 Å². The van der Waals surface area contributed by atoms with Crippen LogP contribution in [0.4, 0.5) is 5.69 Å². The van der Waals surface area contributed by atoms with Crippen molar-refractivity contribution in [1.82, 2.24) is 0 Å². The number of rotatable bonds is 8. The first-order chi connectivity index (χ1) is 15.2. The van der Waals surface area contributed by atoms with E-state index < -0.39 is 21.9 Å². The summed E-state index contributed by atoms with van der Waals surface area (Å²) < 4.78 is 37.6. The molecule has 166 valence electrons. The molecule has 0 aromatic heterocycles. The predicted molar refractivity (Wildman–Crippen MR) is 119 cm³/mol. The minimum atomic E-state index is -3.92. The topological polar surface area (TPSA) is 116 Å². The van der Waals surface area contributed by atoms with Crippen molar-refractivity contribution in [3.05, 3.63) is 89.5 Å². The first-order valence-corrected chi connectivity index (χ1v) is 11.0. The van der Waals surface area contributed by atoms with E-state index in [9.17, 15) is 18.0 Å². The van der Waals surface area contributed by atoms with Gasteiger partial charge < -0.3 is 15.2 Å². The second-order valence-corrected chi connectivity index (χ2v) is 8.81. The van der Waals surface area contributed by atoms with Crippen molar-refractivity contribution < 1.29 is 27.5 Å². The zero-order chi connectivity index (χ0) is 23.3. The Bertz CT molecular complexity index is 1240. The number of anilines is 1. The van der Waals surface area contributed by atoms with Gasteiger partial charge in [0.1, 0.15) is 12.4 Å². The van der Waals surface area contributed by atoms with Gasteiger partial charge in [-0.15, -0.1) is 0 Å². The minimum absolute atomic E-state index is 0.0546. The van der Waals surface area contributed by atoms with Gasteiger partial charge in [-0.3, -0.25) is 9.10 Å². The number of primary amides is 1. The number of hydrogen-bond acceptors (Lipinski definition) is 6. The van der Waals surface area contributed by atoms with E-state index >= 15 is 0 Å². The lowest BCUT2D eigenvalue weighted by Gasteiger charge is -2.20. The van der Waals surface area contributed by atoms with Gasteiger partial charge in [-0.05, 0) is 60.2 Å².